The van der Waals surface area contributed by atoms with Gasteiger partial charge in [-0.15, -0.1) is 0 Å². The van der Waals surface area contributed by atoms with Gasteiger partial charge in [-0.3, -0.25) is 9.68 Å². The Bertz CT molecular complexity index is 483. The van der Waals surface area contributed by atoms with E-state index in [-0.39, 0.29) is 12.2 Å². The lowest BCUT2D eigenvalue weighted by Crippen LogP contribution is -2.35. The van der Waals surface area contributed by atoms with Gasteiger partial charge in [0.25, 0.3) is 0 Å². The number of carbonyl (C=O) groups excluding carboxylic acids is 2. The summed E-state index contributed by atoms with van der Waals surface area (Å²) in [5, 5.41) is 8.89. The number of ketones is 1. The first-order valence-corrected chi connectivity index (χ1v) is 5.06. The van der Waals surface area contributed by atoms with Gasteiger partial charge in [-0.05, 0) is 37.1 Å². The Morgan fingerprint density at radius 2 is 2.25 bits per heavy atom. The molecule has 0 aliphatic heterocycles. The highest BCUT2D eigenvalue weighted by Crippen LogP contribution is 2.38. The smallest absolute Gasteiger partial charge is 0.300 e. The Balaban J connectivity index is 2.48. The Morgan fingerprint density at radius 1 is 1.56 bits per heavy atom. The molecule has 1 N–H and O–H groups in total. The molecular weight excluding hydrogens is 232 g/mol. The molecule has 0 saturated carbocycles. The molecule has 5 heteroatoms. The van der Waals surface area contributed by atoms with Crippen molar-refractivity contribution in [2.45, 2.75) is 13.3 Å². The van der Waals surface area contributed by atoms with E-state index in [9.17, 15) is 9.59 Å². The van der Waals surface area contributed by atoms with Crippen molar-refractivity contribution < 1.29 is 19.7 Å². The van der Waals surface area contributed by atoms with Crippen LogP contribution in [-0.4, -0.2) is 17.0 Å². The number of hydrogen-bond donors (Lipinski definition) is 1. The first-order valence-electron chi connectivity index (χ1n) is 4.68. The number of benzene rings is 1. The highest BCUT2D eigenvalue weighted by atomic mass is 35.5. The summed E-state index contributed by atoms with van der Waals surface area (Å²) in [5.41, 5.74) is -0.190. The van der Waals surface area contributed by atoms with E-state index in [2.05, 4.69) is 4.89 Å². The first-order chi connectivity index (χ1) is 7.49. The molecule has 1 aromatic rings. The van der Waals surface area contributed by atoms with E-state index >= 15 is 0 Å². The Hall–Kier alpha value is -1.39. The average Bonchev–Trinajstić information content (AvgIpc) is 2.51. The normalized spacial score (nSPS) is 23.1. The minimum absolute atomic E-state index is 0.196. The van der Waals surface area contributed by atoms with Crippen molar-refractivity contribution in [3.63, 3.8) is 0 Å². The van der Waals surface area contributed by atoms with Gasteiger partial charge in [-0.25, -0.2) is 4.79 Å². The maximum absolute atomic E-state index is 12.0. The summed E-state index contributed by atoms with van der Waals surface area (Å²) in [5.74, 6) is -1.29. The molecule has 0 amide bonds. The van der Waals surface area contributed by atoms with Crippen molar-refractivity contribution in [1.82, 2.24) is 0 Å². The molecule has 1 aliphatic carbocycles. The van der Waals surface area contributed by atoms with Crippen LogP contribution in [-0.2, 0) is 16.1 Å². The molecule has 0 saturated heterocycles. The summed E-state index contributed by atoms with van der Waals surface area (Å²) >= 11 is 5.80. The molecule has 0 radical (unpaired) electrons. The summed E-state index contributed by atoms with van der Waals surface area (Å²) in [6.07, 6.45) is 0.196. The largest absolute Gasteiger partial charge is 0.355 e. The number of rotatable bonds is 1. The zero-order chi connectivity index (χ0) is 11.9. The SMILES string of the molecule is C[C@]1(C(=O)OO)Cc2cc(Cl)ccc2C1=O. The second-order valence-corrected chi connectivity index (χ2v) is 4.45. The maximum Gasteiger partial charge on any atom is 0.355 e. The molecule has 2 rings (SSSR count). The van der Waals surface area contributed by atoms with Crippen molar-refractivity contribution in [3.8, 4) is 0 Å². The Morgan fingerprint density at radius 3 is 2.88 bits per heavy atom. The molecule has 16 heavy (non-hydrogen) atoms. The molecule has 0 heterocycles. The summed E-state index contributed by atoms with van der Waals surface area (Å²) < 4.78 is 0. The number of Topliss-reactive ketones (excluding diaryl/α,β-unsaturated/α-hetero) is 1. The third-order valence-electron chi connectivity index (χ3n) is 2.89. The summed E-state index contributed by atoms with van der Waals surface area (Å²) in [6.45, 7) is 1.45. The lowest BCUT2D eigenvalue weighted by atomic mass is 9.86. The zero-order valence-electron chi connectivity index (χ0n) is 8.49. The Labute approximate surface area is 96.7 Å². The molecular formula is C11H9ClO4. The quantitative estimate of drug-likeness (QED) is 0.464. The monoisotopic (exact) mass is 240 g/mol. The van der Waals surface area contributed by atoms with Crippen LogP contribution in [0, 0.1) is 5.41 Å². The Kier molecular flexibility index (Phi) is 2.48. The second kappa shape index (κ2) is 3.57. The summed E-state index contributed by atoms with van der Waals surface area (Å²) in [4.78, 5) is 27.0. The standard InChI is InChI=1S/C11H9ClO4/c1-11(10(14)16-15)5-6-4-7(12)2-3-8(6)9(11)13/h2-4,15H,5H2,1H3/t11-/m0/s1. The van der Waals surface area contributed by atoms with Crippen LogP contribution in [0.5, 0.6) is 0 Å². The van der Waals surface area contributed by atoms with Gasteiger partial charge >= 0.3 is 5.97 Å². The van der Waals surface area contributed by atoms with Gasteiger partial charge in [0, 0.05) is 10.6 Å². The number of halogens is 1. The average molecular weight is 241 g/mol. The van der Waals surface area contributed by atoms with Crippen molar-refractivity contribution >= 4 is 23.4 Å². The second-order valence-electron chi connectivity index (χ2n) is 4.02. The van der Waals surface area contributed by atoms with Crippen LogP contribution in [0.25, 0.3) is 0 Å². The molecule has 0 unspecified atom stereocenters. The number of fused-ring (bicyclic) bond motifs is 1. The molecule has 1 aliphatic rings. The van der Waals surface area contributed by atoms with Crippen LogP contribution >= 0.6 is 11.6 Å². The molecule has 0 fully saturated rings. The van der Waals surface area contributed by atoms with Crippen LogP contribution in [0.15, 0.2) is 18.2 Å². The maximum atomic E-state index is 12.0. The predicted molar refractivity (Wildman–Crippen MR) is 56.3 cm³/mol. The fraction of sp³-hybridized carbons (Fsp3) is 0.273. The third-order valence-corrected chi connectivity index (χ3v) is 3.13. The van der Waals surface area contributed by atoms with E-state index in [1.165, 1.54) is 6.92 Å². The van der Waals surface area contributed by atoms with Gasteiger partial charge in [-0.1, -0.05) is 11.6 Å². The fourth-order valence-electron chi connectivity index (χ4n) is 1.95. The van der Waals surface area contributed by atoms with E-state index in [4.69, 9.17) is 16.9 Å². The van der Waals surface area contributed by atoms with Crippen LogP contribution < -0.4 is 0 Å². The van der Waals surface area contributed by atoms with Crippen molar-refractivity contribution in [3.05, 3.63) is 34.3 Å². The minimum Gasteiger partial charge on any atom is -0.300 e. The third kappa shape index (κ3) is 1.42. The van der Waals surface area contributed by atoms with E-state index in [0.717, 1.165) is 0 Å². The van der Waals surface area contributed by atoms with E-state index in [0.29, 0.717) is 16.1 Å². The highest BCUT2D eigenvalue weighted by Gasteiger charge is 2.49. The molecule has 0 spiro atoms. The fourth-order valence-corrected chi connectivity index (χ4v) is 2.15. The number of hydrogen-bond acceptors (Lipinski definition) is 4. The van der Waals surface area contributed by atoms with Crippen molar-refractivity contribution in [1.29, 1.82) is 0 Å². The topological polar surface area (TPSA) is 63.6 Å². The molecule has 0 bridgehead atoms. The first kappa shape index (κ1) is 11.1. The van der Waals surface area contributed by atoms with Crippen LogP contribution in [0.3, 0.4) is 0 Å². The molecule has 84 valence electrons. The van der Waals surface area contributed by atoms with E-state index in [1.807, 2.05) is 0 Å². The van der Waals surface area contributed by atoms with Crippen molar-refractivity contribution in [2.24, 2.45) is 5.41 Å². The van der Waals surface area contributed by atoms with Crippen LogP contribution in [0.4, 0.5) is 0 Å². The lowest BCUT2D eigenvalue weighted by molar-refractivity contribution is -0.241. The molecule has 4 nitrogen and oxygen atoms in total. The molecule has 0 aromatic heterocycles. The lowest BCUT2D eigenvalue weighted by Gasteiger charge is -2.16. The zero-order valence-corrected chi connectivity index (χ0v) is 9.25. The van der Waals surface area contributed by atoms with Gasteiger partial charge < -0.3 is 0 Å². The van der Waals surface area contributed by atoms with Crippen LogP contribution in [0.1, 0.15) is 22.8 Å². The molecule has 1 aromatic carbocycles. The van der Waals surface area contributed by atoms with Gasteiger partial charge in [-0.2, -0.15) is 5.26 Å². The van der Waals surface area contributed by atoms with Gasteiger partial charge in [0.2, 0.25) is 0 Å². The molecule has 1 atom stereocenters. The number of carbonyl (C=O) groups is 2. The summed E-state index contributed by atoms with van der Waals surface area (Å²) in [6, 6.07) is 4.81. The highest BCUT2D eigenvalue weighted by molar-refractivity contribution is 6.31. The minimum atomic E-state index is -1.35. The van der Waals surface area contributed by atoms with E-state index in [1.54, 1.807) is 18.2 Å². The van der Waals surface area contributed by atoms with Gasteiger partial charge in [0.1, 0.15) is 5.41 Å². The van der Waals surface area contributed by atoms with Crippen LogP contribution in [0.2, 0.25) is 5.02 Å². The van der Waals surface area contributed by atoms with Gasteiger partial charge in [0.15, 0.2) is 5.78 Å². The predicted octanol–water partition coefficient (Wildman–Crippen LogP) is 2.10. The van der Waals surface area contributed by atoms with E-state index < -0.39 is 11.4 Å². The van der Waals surface area contributed by atoms with Crippen molar-refractivity contribution in [2.75, 3.05) is 0 Å². The summed E-state index contributed by atoms with van der Waals surface area (Å²) in [7, 11) is 0. The van der Waals surface area contributed by atoms with Gasteiger partial charge in [0.05, 0.1) is 0 Å².